The third kappa shape index (κ3) is 4.59. The van der Waals surface area contributed by atoms with E-state index in [4.69, 9.17) is 16.3 Å². The Morgan fingerprint density at radius 2 is 2.14 bits per heavy atom. The van der Waals surface area contributed by atoms with Gasteiger partial charge in [0.05, 0.1) is 6.54 Å². The first kappa shape index (κ1) is 19.4. The molecule has 8 nitrogen and oxygen atoms in total. The largest absolute Gasteiger partial charge is 0.472 e. The molecule has 2 fully saturated rings. The summed E-state index contributed by atoms with van der Waals surface area (Å²) in [6.45, 7) is 2.26. The average molecular weight is 416 g/mol. The number of nitrogens with zero attached hydrogens (tertiary/aromatic N) is 5. The van der Waals surface area contributed by atoms with E-state index in [0.717, 1.165) is 18.5 Å². The number of piperidine rings is 1. The van der Waals surface area contributed by atoms with Gasteiger partial charge in [0.1, 0.15) is 19.0 Å². The second-order valence-corrected chi connectivity index (χ2v) is 7.54. The lowest BCUT2D eigenvalue weighted by Gasteiger charge is -2.33. The van der Waals surface area contributed by atoms with Crippen LogP contribution < -0.4 is 9.64 Å². The van der Waals surface area contributed by atoms with Crippen molar-refractivity contribution < 1.29 is 14.3 Å². The van der Waals surface area contributed by atoms with E-state index in [9.17, 15) is 9.59 Å². The van der Waals surface area contributed by atoms with Gasteiger partial charge in [0.2, 0.25) is 11.8 Å². The number of anilines is 1. The summed E-state index contributed by atoms with van der Waals surface area (Å²) < 4.78 is 5.87. The molecule has 0 saturated carbocycles. The van der Waals surface area contributed by atoms with E-state index in [0.29, 0.717) is 37.1 Å². The van der Waals surface area contributed by atoms with Gasteiger partial charge in [0.15, 0.2) is 0 Å². The number of likely N-dealkylation sites (tertiary alicyclic amines) is 1. The number of rotatable bonds is 5. The quantitative estimate of drug-likeness (QED) is 0.749. The number of urea groups is 1. The summed E-state index contributed by atoms with van der Waals surface area (Å²) in [6, 6.07) is 8.70. The molecular formula is C20H22ClN5O3. The van der Waals surface area contributed by atoms with Crippen molar-refractivity contribution in [2.75, 3.05) is 37.6 Å². The predicted molar refractivity (Wildman–Crippen MR) is 108 cm³/mol. The van der Waals surface area contributed by atoms with Crippen LogP contribution in [0.1, 0.15) is 12.8 Å². The number of ether oxygens (including phenoxy) is 1. The molecule has 1 atom stereocenters. The van der Waals surface area contributed by atoms with Gasteiger partial charge in [0.25, 0.3) is 0 Å². The summed E-state index contributed by atoms with van der Waals surface area (Å²) in [4.78, 5) is 38.5. The van der Waals surface area contributed by atoms with Crippen LogP contribution in [0.4, 0.5) is 10.5 Å². The summed E-state index contributed by atoms with van der Waals surface area (Å²) in [7, 11) is 0. The van der Waals surface area contributed by atoms with Crippen LogP contribution in [0, 0.1) is 0 Å². The van der Waals surface area contributed by atoms with E-state index in [1.165, 1.54) is 6.33 Å². The van der Waals surface area contributed by atoms with Crippen molar-refractivity contribution in [1.29, 1.82) is 0 Å². The van der Waals surface area contributed by atoms with E-state index in [2.05, 4.69) is 9.97 Å². The molecule has 3 amide bonds. The molecule has 29 heavy (non-hydrogen) atoms. The Morgan fingerprint density at radius 3 is 2.93 bits per heavy atom. The molecule has 0 aliphatic carbocycles. The SMILES string of the molecule is O=C(CN1CCN(c2cccc(Cl)c2)C1=O)N1CCCC(Oc2ccncn2)C1. The zero-order valence-electron chi connectivity index (χ0n) is 15.9. The zero-order valence-corrected chi connectivity index (χ0v) is 16.7. The maximum absolute atomic E-state index is 12.8. The number of aromatic nitrogens is 2. The molecule has 0 bridgehead atoms. The highest BCUT2D eigenvalue weighted by Gasteiger charge is 2.33. The first-order chi connectivity index (χ1) is 14.1. The highest BCUT2D eigenvalue weighted by atomic mass is 35.5. The lowest BCUT2D eigenvalue weighted by atomic mass is 10.1. The van der Waals surface area contributed by atoms with Gasteiger partial charge in [-0.25, -0.2) is 14.8 Å². The topological polar surface area (TPSA) is 78.9 Å². The van der Waals surface area contributed by atoms with Crippen LogP contribution in [-0.2, 0) is 4.79 Å². The van der Waals surface area contributed by atoms with E-state index < -0.39 is 0 Å². The molecule has 3 heterocycles. The fraction of sp³-hybridized carbons (Fsp3) is 0.400. The average Bonchev–Trinajstić information content (AvgIpc) is 3.09. The van der Waals surface area contributed by atoms with Gasteiger partial charge in [-0.05, 0) is 31.0 Å². The van der Waals surface area contributed by atoms with Crippen molar-refractivity contribution in [3.05, 3.63) is 47.9 Å². The molecule has 152 valence electrons. The van der Waals surface area contributed by atoms with Gasteiger partial charge in [-0.15, -0.1) is 0 Å². The van der Waals surface area contributed by atoms with Crippen LogP contribution in [0.15, 0.2) is 42.9 Å². The molecule has 2 aliphatic heterocycles. The first-order valence-electron chi connectivity index (χ1n) is 9.62. The Hall–Kier alpha value is -2.87. The van der Waals surface area contributed by atoms with Crippen molar-refractivity contribution in [2.24, 2.45) is 0 Å². The highest BCUT2D eigenvalue weighted by Crippen LogP contribution is 2.24. The maximum Gasteiger partial charge on any atom is 0.325 e. The third-order valence-corrected chi connectivity index (χ3v) is 5.35. The van der Waals surface area contributed by atoms with Crippen molar-refractivity contribution in [2.45, 2.75) is 18.9 Å². The number of benzene rings is 1. The zero-order chi connectivity index (χ0) is 20.2. The molecule has 1 aromatic carbocycles. The van der Waals surface area contributed by atoms with Crippen molar-refractivity contribution >= 4 is 29.2 Å². The molecule has 1 unspecified atom stereocenters. The molecule has 4 rings (SSSR count). The van der Waals surface area contributed by atoms with Gasteiger partial charge in [-0.3, -0.25) is 9.69 Å². The van der Waals surface area contributed by atoms with E-state index in [1.54, 1.807) is 39.1 Å². The van der Waals surface area contributed by atoms with Gasteiger partial charge in [0, 0.05) is 42.6 Å². The summed E-state index contributed by atoms with van der Waals surface area (Å²) in [6.07, 6.45) is 4.66. The lowest BCUT2D eigenvalue weighted by Crippen LogP contribution is -2.48. The van der Waals surface area contributed by atoms with Crippen LogP contribution in [0.5, 0.6) is 5.88 Å². The first-order valence-corrected chi connectivity index (χ1v) is 10.0. The molecule has 0 radical (unpaired) electrons. The molecule has 2 saturated heterocycles. The third-order valence-electron chi connectivity index (χ3n) is 5.11. The van der Waals surface area contributed by atoms with E-state index >= 15 is 0 Å². The molecule has 2 aliphatic rings. The molecule has 0 spiro atoms. The van der Waals surface area contributed by atoms with Crippen LogP contribution in [0.2, 0.25) is 5.02 Å². The Labute approximate surface area is 174 Å². The second-order valence-electron chi connectivity index (χ2n) is 7.11. The van der Waals surface area contributed by atoms with E-state index in [1.807, 2.05) is 12.1 Å². The Morgan fingerprint density at radius 1 is 1.24 bits per heavy atom. The van der Waals surface area contributed by atoms with Gasteiger partial charge >= 0.3 is 6.03 Å². The number of carbonyl (C=O) groups is 2. The highest BCUT2D eigenvalue weighted by molar-refractivity contribution is 6.30. The standard InChI is InChI=1S/C20H22ClN5O3/c21-15-3-1-4-16(11-15)26-10-9-25(20(26)28)13-19(27)24-8-2-5-17(12-24)29-18-6-7-22-14-23-18/h1,3-4,6-7,11,14,17H,2,5,8-10,12-13H2. The minimum absolute atomic E-state index is 0.0656. The van der Waals surface area contributed by atoms with E-state index in [-0.39, 0.29) is 24.6 Å². The summed E-state index contributed by atoms with van der Waals surface area (Å²) in [5, 5.41) is 0.577. The molecular weight excluding hydrogens is 394 g/mol. The van der Waals surface area contributed by atoms with Crippen LogP contribution >= 0.6 is 11.6 Å². The van der Waals surface area contributed by atoms with Crippen LogP contribution in [-0.4, -0.2) is 70.5 Å². The summed E-state index contributed by atoms with van der Waals surface area (Å²) >= 11 is 6.03. The van der Waals surface area contributed by atoms with Gasteiger partial charge in [-0.2, -0.15) is 0 Å². The minimum Gasteiger partial charge on any atom is -0.472 e. The normalized spacial score (nSPS) is 19.6. The maximum atomic E-state index is 12.8. The molecule has 2 aromatic rings. The summed E-state index contributed by atoms with van der Waals surface area (Å²) in [5.74, 6) is 0.438. The Bertz CT molecular complexity index is 881. The fourth-order valence-corrected chi connectivity index (χ4v) is 3.84. The second kappa shape index (κ2) is 8.65. The van der Waals surface area contributed by atoms with Gasteiger partial charge < -0.3 is 14.5 Å². The van der Waals surface area contributed by atoms with Crippen LogP contribution in [0.3, 0.4) is 0 Å². The van der Waals surface area contributed by atoms with Crippen molar-refractivity contribution in [3.8, 4) is 5.88 Å². The number of carbonyl (C=O) groups excluding carboxylic acids is 2. The molecule has 1 aromatic heterocycles. The smallest absolute Gasteiger partial charge is 0.325 e. The Kier molecular flexibility index (Phi) is 5.80. The monoisotopic (exact) mass is 415 g/mol. The minimum atomic E-state index is -0.175. The van der Waals surface area contributed by atoms with Crippen molar-refractivity contribution in [3.63, 3.8) is 0 Å². The lowest BCUT2D eigenvalue weighted by molar-refractivity contribution is -0.134. The number of hydrogen-bond acceptors (Lipinski definition) is 5. The summed E-state index contributed by atoms with van der Waals surface area (Å²) in [5.41, 5.74) is 0.744. The number of hydrogen-bond donors (Lipinski definition) is 0. The van der Waals surface area contributed by atoms with Crippen LogP contribution in [0.25, 0.3) is 0 Å². The fourth-order valence-electron chi connectivity index (χ4n) is 3.66. The van der Waals surface area contributed by atoms with Gasteiger partial charge in [-0.1, -0.05) is 17.7 Å². The number of halogens is 1. The Balaban J connectivity index is 1.33. The number of amides is 3. The molecule has 9 heteroatoms. The molecule has 0 N–H and O–H groups in total. The van der Waals surface area contributed by atoms with Crippen molar-refractivity contribution in [1.82, 2.24) is 19.8 Å². The predicted octanol–water partition coefficient (Wildman–Crippen LogP) is 2.44.